The van der Waals surface area contributed by atoms with Gasteiger partial charge in [-0.1, -0.05) is 12.1 Å². The molecule has 0 bridgehead atoms. The molecule has 0 saturated carbocycles. The standard InChI is InChI=1S/C15H12BrFO4/c1-19-13-7-9(11(17)8-14(13)20-2)15(18)21-12-6-4-3-5-10(12)16/h3-8H,1-2H3. The molecule has 110 valence electrons. The third-order valence-electron chi connectivity index (χ3n) is 2.73. The second kappa shape index (κ2) is 6.58. The van der Waals surface area contributed by atoms with Crippen molar-refractivity contribution in [3.8, 4) is 17.2 Å². The van der Waals surface area contributed by atoms with Crippen LogP contribution in [0.25, 0.3) is 0 Å². The van der Waals surface area contributed by atoms with Gasteiger partial charge in [-0.05, 0) is 28.1 Å². The predicted octanol–water partition coefficient (Wildman–Crippen LogP) is 3.82. The van der Waals surface area contributed by atoms with Crippen LogP contribution < -0.4 is 14.2 Å². The van der Waals surface area contributed by atoms with Crippen LogP contribution in [0.15, 0.2) is 40.9 Å². The van der Waals surface area contributed by atoms with Crippen LogP contribution in [0.2, 0.25) is 0 Å². The van der Waals surface area contributed by atoms with Gasteiger partial charge in [0.1, 0.15) is 11.6 Å². The van der Waals surface area contributed by atoms with Crippen molar-refractivity contribution in [3.63, 3.8) is 0 Å². The molecule has 0 heterocycles. The first kappa shape index (κ1) is 15.3. The van der Waals surface area contributed by atoms with Gasteiger partial charge in [-0.25, -0.2) is 9.18 Å². The average molecular weight is 355 g/mol. The summed E-state index contributed by atoms with van der Waals surface area (Å²) in [7, 11) is 2.79. The molecule has 0 atom stereocenters. The molecular formula is C15H12BrFO4. The van der Waals surface area contributed by atoms with Crippen LogP contribution in [-0.4, -0.2) is 20.2 Å². The number of esters is 1. The van der Waals surface area contributed by atoms with Crippen LogP contribution in [0.3, 0.4) is 0 Å². The molecule has 0 aromatic heterocycles. The first-order valence-corrected chi connectivity index (χ1v) is 6.74. The highest BCUT2D eigenvalue weighted by molar-refractivity contribution is 9.10. The van der Waals surface area contributed by atoms with E-state index in [-0.39, 0.29) is 17.1 Å². The molecule has 0 spiro atoms. The monoisotopic (exact) mass is 354 g/mol. The molecule has 2 aromatic carbocycles. The quantitative estimate of drug-likeness (QED) is 0.618. The number of carbonyl (C=O) groups excluding carboxylic acids is 1. The lowest BCUT2D eigenvalue weighted by Gasteiger charge is -2.11. The van der Waals surface area contributed by atoms with Gasteiger partial charge in [0.15, 0.2) is 11.5 Å². The van der Waals surface area contributed by atoms with Crippen molar-refractivity contribution in [2.45, 2.75) is 0 Å². The Morgan fingerprint density at radius 3 is 2.29 bits per heavy atom. The number of benzene rings is 2. The summed E-state index contributed by atoms with van der Waals surface area (Å²) in [5, 5.41) is 0. The number of ether oxygens (including phenoxy) is 3. The second-order valence-corrected chi connectivity index (χ2v) is 4.86. The molecule has 0 saturated heterocycles. The van der Waals surface area contributed by atoms with Crippen molar-refractivity contribution in [1.29, 1.82) is 0 Å². The number of rotatable bonds is 4. The fourth-order valence-corrected chi connectivity index (χ4v) is 2.06. The third kappa shape index (κ3) is 3.33. The van der Waals surface area contributed by atoms with E-state index in [1.54, 1.807) is 24.3 Å². The van der Waals surface area contributed by atoms with Gasteiger partial charge in [-0.2, -0.15) is 0 Å². The van der Waals surface area contributed by atoms with E-state index in [0.717, 1.165) is 6.07 Å². The van der Waals surface area contributed by atoms with E-state index in [1.165, 1.54) is 20.3 Å². The van der Waals surface area contributed by atoms with Crippen LogP contribution in [-0.2, 0) is 0 Å². The minimum Gasteiger partial charge on any atom is -0.493 e. The molecular weight excluding hydrogens is 343 g/mol. The number of halogens is 2. The highest BCUT2D eigenvalue weighted by Gasteiger charge is 2.19. The Labute approximate surface area is 129 Å². The number of hydrogen-bond acceptors (Lipinski definition) is 4. The van der Waals surface area contributed by atoms with Crippen LogP contribution in [0.1, 0.15) is 10.4 Å². The number of carbonyl (C=O) groups is 1. The number of para-hydroxylation sites is 1. The number of hydrogen-bond donors (Lipinski definition) is 0. The molecule has 6 heteroatoms. The zero-order chi connectivity index (χ0) is 15.4. The molecule has 0 radical (unpaired) electrons. The molecule has 2 aromatic rings. The summed E-state index contributed by atoms with van der Waals surface area (Å²) in [4.78, 5) is 12.1. The smallest absolute Gasteiger partial charge is 0.346 e. The van der Waals surface area contributed by atoms with E-state index in [0.29, 0.717) is 10.2 Å². The van der Waals surface area contributed by atoms with Crippen molar-refractivity contribution in [1.82, 2.24) is 0 Å². The molecule has 0 aliphatic heterocycles. The molecule has 4 nitrogen and oxygen atoms in total. The van der Waals surface area contributed by atoms with Crippen molar-refractivity contribution >= 4 is 21.9 Å². The van der Waals surface area contributed by atoms with Crippen LogP contribution in [0.4, 0.5) is 4.39 Å². The Kier molecular flexibility index (Phi) is 4.80. The molecule has 0 fully saturated rings. The summed E-state index contributed by atoms with van der Waals surface area (Å²) in [6, 6.07) is 9.12. The Balaban J connectivity index is 2.33. The van der Waals surface area contributed by atoms with Crippen molar-refractivity contribution < 1.29 is 23.4 Å². The highest BCUT2D eigenvalue weighted by Crippen LogP contribution is 2.31. The van der Waals surface area contributed by atoms with E-state index in [9.17, 15) is 9.18 Å². The van der Waals surface area contributed by atoms with Crippen molar-refractivity contribution in [2.75, 3.05) is 14.2 Å². The van der Waals surface area contributed by atoms with E-state index < -0.39 is 11.8 Å². The number of methoxy groups -OCH3 is 2. The minimum absolute atomic E-state index is 0.201. The maximum Gasteiger partial charge on any atom is 0.346 e. The Bertz CT molecular complexity index is 673. The summed E-state index contributed by atoms with van der Waals surface area (Å²) in [5.74, 6) is -0.813. The van der Waals surface area contributed by atoms with Crippen LogP contribution >= 0.6 is 15.9 Å². The molecule has 0 N–H and O–H groups in total. The van der Waals surface area contributed by atoms with E-state index in [2.05, 4.69) is 15.9 Å². The summed E-state index contributed by atoms with van der Waals surface area (Å²) in [6.07, 6.45) is 0. The van der Waals surface area contributed by atoms with Gasteiger partial charge in [0.05, 0.1) is 24.3 Å². The van der Waals surface area contributed by atoms with Gasteiger partial charge in [-0.3, -0.25) is 0 Å². The predicted molar refractivity (Wildman–Crippen MR) is 78.6 cm³/mol. The minimum atomic E-state index is -0.819. The normalized spacial score (nSPS) is 10.1. The van der Waals surface area contributed by atoms with Crippen LogP contribution in [0.5, 0.6) is 17.2 Å². The van der Waals surface area contributed by atoms with E-state index in [1.807, 2.05) is 0 Å². The fraction of sp³-hybridized carbons (Fsp3) is 0.133. The van der Waals surface area contributed by atoms with Gasteiger partial charge in [0.2, 0.25) is 0 Å². The van der Waals surface area contributed by atoms with Gasteiger partial charge in [0.25, 0.3) is 0 Å². The lowest BCUT2D eigenvalue weighted by atomic mass is 10.2. The van der Waals surface area contributed by atoms with Gasteiger partial charge >= 0.3 is 5.97 Å². The lowest BCUT2D eigenvalue weighted by Crippen LogP contribution is -2.11. The Hall–Kier alpha value is -2.08. The molecule has 0 aliphatic rings. The first-order valence-electron chi connectivity index (χ1n) is 5.95. The lowest BCUT2D eigenvalue weighted by molar-refractivity contribution is 0.0728. The molecule has 21 heavy (non-hydrogen) atoms. The van der Waals surface area contributed by atoms with Gasteiger partial charge in [-0.15, -0.1) is 0 Å². The fourth-order valence-electron chi connectivity index (χ4n) is 1.69. The largest absolute Gasteiger partial charge is 0.493 e. The first-order chi connectivity index (χ1) is 10.1. The Morgan fingerprint density at radius 2 is 1.67 bits per heavy atom. The summed E-state index contributed by atoms with van der Waals surface area (Å²) in [6.45, 7) is 0. The maximum atomic E-state index is 14.0. The maximum absolute atomic E-state index is 14.0. The average Bonchev–Trinajstić information content (AvgIpc) is 2.49. The van der Waals surface area contributed by atoms with Gasteiger partial charge in [0, 0.05) is 12.1 Å². The van der Waals surface area contributed by atoms with Crippen molar-refractivity contribution in [2.24, 2.45) is 0 Å². The second-order valence-electron chi connectivity index (χ2n) is 4.01. The zero-order valence-electron chi connectivity index (χ0n) is 11.4. The topological polar surface area (TPSA) is 44.8 Å². The summed E-state index contributed by atoms with van der Waals surface area (Å²) < 4.78 is 29.7. The Morgan fingerprint density at radius 1 is 1.05 bits per heavy atom. The van der Waals surface area contributed by atoms with Crippen LogP contribution in [0, 0.1) is 5.82 Å². The third-order valence-corrected chi connectivity index (χ3v) is 3.39. The molecule has 0 amide bonds. The summed E-state index contributed by atoms with van der Waals surface area (Å²) >= 11 is 3.25. The zero-order valence-corrected chi connectivity index (χ0v) is 12.9. The van der Waals surface area contributed by atoms with E-state index in [4.69, 9.17) is 14.2 Å². The highest BCUT2D eigenvalue weighted by atomic mass is 79.9. The SMILES string of the molecule is COc1cc(F)c(C(=O)Oc2ccccc2Br)cc1OC. The summed E-state index contributed by atoms with van der Waals surface area (Å²) in [5.41, 5.74) is -0.233. The van der Waals surface area contributed by atoms with Crippen molar-refractivity contribution in [3.05, 3.63) is 52.3 Å². The molecule has 2 rings (SSSR count). The molecule has 0 aliphatic carbocycles. The molecule has 0 unspecified atom stereocenters. The van der Waals surface area contributed by atoms with Gasteiger partial charge < -0.3 is 14.2 Å². The van der Waals surface area contributed by atoms with E-state index >= 15 is 0 Å².